The Hall–Kier alpha value is -2.34. The SMILES string of the molecule is CC(C)c1ccc(C(C)C)cc1.CCCc1ccc(C(C)C)cc1.CCc1ccc(C(C)C)cc1. The second-order valence-electron chi connectivity index (χ2n) is 10.9. The van der Waals surface area contributed by atoms with Gasteiger partial charge in [-0.3, -0.25) is 0 Å². The number of hydrogen-bond acceptors (Lipinski definition) is 0. The maximum Gasteiger partial charge on any atom is -0.0219 e. The molecule has 3 rings (SSSR count). The molecule has 0 aromatic heterocycles. The Balaban J connectivity index is 0.000000263. The van der Waals surface area contributed by atoms with Crippen LogP contribution in [0.25, 0.3) is 0 Å². The smallest absolute Gasteiger partial charge is 0.0219 e. The highest BCUT2D eigenvalue weighted by molar-refractivity contribution is 5.27. The normalized spacial score (nSPS) is 10.8. The van der Waals surface area contributed by atoms with Crippen molar-refractivity contribution in [3.63, 3.8) is 0 Å². The van der Waals surface area contributed by atoms with Crippen molar-refractivity contribution in [3.8, 4) is 0 Å². The van der Waals surface area contributed by atoms with E-state index in [2.05, 4.69) is 142 Å². The maximum absolute atomic E-state index is 2.25. The van der Waals surface area contributed by atoms with Crippen molar-refractivity contribution in [1.29, 1.82) is 0 Å². The topological polar surface area (TPSA) is 0 Å². The van der Waals surface area contributed by atoms with Gasteiger partial charge in [-0.25, -0.2) is 0 Å². The van der Waals surface area contributed by atoms with E-state index in [1.165, 1.54) is 46.2 Å². The van der Waals surface area contributed by atoms with Crippen LogP contribution < -0.4 is 0 Å². The molecular weight excluding hydrogens is 420 g/mol. The quantitative estimate of drug-likeness (QED) is 0.321. The first-order valence-corrected chi connectivity index (χ1v) is 13.9. The van der Waals surface area contributed by atoms with E-state index in [1.807, 2.05) is 0 Å². The zero-order valence-electron chi connectivity index (χ0n) is 24.4. The molecule has 0 aliphatic rings. The molecule has 0 unspecified atom stereocenters. The van der Waals surface area contributed by atoms with E-state index in [4.69, 9.17) is 0 Å². The van der Waals surface area contributed by atoms with Gasteiger partial charge in [0.05, 0.1) is 0 Å². The van der Waals surface area contributed by atoms with Crippen molar-refractivity contribution in [2.45, 2.75) is 112 Å². The summed E-state index contributed by atoms with van der Waals surface area (Å²) in [5.41, 5.74) is 8.62. The lowest BCUT2D eigenvalue weighted by atomic mass is 9.97. The van der Waals surface area contributed by atoms with Gasteiger partial charge < -0.3 is 0 Å². The number of hydrogen-bond donors (Lipinski definition) is 0. The highest BCUT2D eigenvalue weighted by Gasteiger charge is 2.01. The monoisotopic (exact) mass is 472 g/mol. The van der Waals surface area contributed by atoms with E-state index in [0.717, 1.165) is 6.42 Å². The summed E-state index contributed by atoms with van der Waals surface area (Å²) in [5, 5.41) is 0. The first-order chi connectivity index (χ1) is 16.6. The summed E-state index contributed by atoms with van der Waals surface area (Å²) in [6.45, 7) is 22.2. The highest BCUT2D eigenvalue weighted by Crippen LogP contribution is 2.19. The Morgan fingerprint density at radius 3 is 0.886 bits per heavy atom. The van der Waals surface area contributed by atoms with Crippen molar-refractivity contribution in [1.82, 2.24) is 0 Å². The van der Waals surface area contributed by atoms with Crippen molar-refractivity contribution in [3.05, 3.63) is 106 Å². The van der Waals surface area contributed by atoms with Gasteiger partial charge in [0.15, 0.2) is 0 Å². The number of rotatable bonds is 7. The zero-order valence-corrected chi connectivity index (χ0v) is 24.4. The van der Waals surface area contributed by atoms with Crippen LogP contribution in [0.4, 0.5) is 0 Å². The van der Waals surface area contributed by atoms with Gasteiger partial charge in [-0.15, -0.1) is 0 Å². The largest absolute Gasteiger partial charge is 0.0651 e. The van der Waals surface area contributed by atoms with E-state index in [9.17, 15) is 0 Å². The second-order valence-corrected chi connectivity index (χ2v) is 10.9. The molecule has 0 heteroatoms. The third-order valence-corrected chi connectivity index (χ3v) is 6.51. The summed E-state index contributed by atoms with van der Waals surface area (Å²) in [7, 11) is 0. The first-order valence-electron chi connectivity index (χ1n) is 13.9. The molecule has 0 saturated heterocycles. The third kappa shape index (κ3) is 11.8. The molecule has 0 bridgehead atoms. The van der Waals surface area contributed by atoms with Crippen molar-refractivity contribution in [2.24, 2.45) is 0 Å². The fourth-order valence-electron chi connectivity index (χ4n) is 3.76. The lowest BCUT2D eigenvalue weighted by Gasteiger charge is -2.08. The standard InChI is InChI=1S/2C12H18.C11H16/c1-9(2)11-5-7-12(8-6-11)10(3)4;1-4-5-11-6-8-12(9-7-11)10(2)3;1-4-10-5-7-11(8-6-10)9(2)3/h5-10H,1-4H3;6-10H,4-5H2,1-3H3;5-9H,4H2,1-3H3. The summed E-state index contributed by atoms with van der Waals surface area (Å²) in [6.07, 6.45) is 3.58. The second kappa shape index (κ2) is 16.4. The lowest BCUT2D eigenvalue weighted by molar-refractivity contribution is 0.845. The van der Waals surface area contributed by atoms with Gasteiger partial charge in [-0.2, -0.15) is 0 Å². The van der Waals surface area contributed by atoms with E-state index in [0.29, 0.717) is 23.7 Å². The molecule has 192 valence electrons. The Morgan fingerprint density at radius 2 is 0.657 bits per heavy atom. The molecule has 0 aliphatic heterocycles. The minimum Gasteiger partial charge on any atom is -0.0651 e. The maximum atomic E-state index is 2.25. The molecule has 0 amide bonds. The van der Waals surface area contributed by atoms with Crippen LogP contribution in [-0.4, -0.2) is 0 Å². The fraction of sp³-hybridized carbons (Fsp3) is 0.486. The van der Waals surface area contributed by atoms with Gasteiger partial charge >= 0.3 is 0 Å². The van der Waals surface area contributed by atoms with Crippen LogP contribution in [-0.2, 0) is 12.8 Å². The molecule has 0 saturated carbocycles. The van der Waals surface area contributed by atoms with Crippen molar-refractivity contribution in [2.75, 3.05) is 0 Å². The van der Waals surface area contributed by atoms with E-state index in [1.54, 1.807) is 0 Å². The zero-order chi connectivity index (χ0) is 26.4. The fourth-order valence-corrected chi connectivity index (χ4v) is 3.76. The van der Waals surface area contributed by atoms with E-state index < -0.39 is 0 Å². The van der Waals surface area contributed by atoms with Gasteiger partial charge in [-0.1, -0.05) is 148 Å². The van der Waals surface area contributed by atoms with E-state index in [-0.39, 0.29) is 0 Å². The lowest BCUT2D eigenvalue weighted by Crippen LogP contribution is -1.90. The predicted molar refractivity (Wildman–Crippen MR) is 159 cm³/mol. The van der Waals surface area contributed by atoms with Gasteiger partial charge in [-0.05, 0) is 69.9 Å². The van der Waals surface area contributed by atoms with Crippen LogP contribution >= 0.6 is 0 Å². The Morgan fingerprint density at radius 1 is 0.400 bits per heavy atom. The molecule has 0 fully saturated rings. The molecule has 0 aliphatic carbocycles. The molecule has 35 heavy (non-hydrogen) atoms. The summed E-state index contributed by atoms with van der Waals surface area (Å²) in [6, 6.07) is 26.8. The summed E-state index contributed by atoms with van der Waals surface area (Å²) >= 11 is 0. The first kappa shape index (κ1) is 30.7. The van der Waals surface area contributed by atoms with Crippen molar-refractivity contribution < 1.29 is 0 Å². The van der Waals surface area contributed by atoms with Crippen LogP contribution in [0.2, 0.25) is 0 Å². The Labute approximate surface area is 218 Å². The summed E-state index contributed by atoms with van der Waals surface area (Å²) in [4.78, 5) is 0. The molecule has 0 radical (unpaired) electrons. The summed E-state index contributed by atoms with van der Waals surface area (Å²) in [5.74, 6) is 2.60. The van der Waals surface area contributed by atoms with Gasteiger partial charge in [0.1, 0.15) is 0 Å². The van der Waals surface area contributed by atoms with Gasteiger partial charge in [0.2, 0.25) is 0 Å². The molecule has 0 atom stereocenters. The molecule has 3 aromatic rings. The molecule has 3 aromatic carbocycles. The van der Waals surface area contributed by atoms with Crippen LogP contribution in [0, 0.1) is 0 Å². The number of benzene rings is 3. The van der Waals surface area contributed by atoms with Gasteiger partial charge in [0.25, 0.3) is 0 Å². The van der Waals surface area contributed by atoms with Crippen molar-refractivity contribution >= 4 is 0 Å². The third-order valence-electron chi connectivity index (χ3n) is 6.51. The summed E-state index contributed by atoms with van der Waals surface area (Å²) < 4.78 is 0. The minimum absolute atomic E-state index is 0.645. The molecular formula is C35H52. The van der Waals surface area contributed by atoms with Crippen LogP contribution in [0.15, 0.2) is 72.8 Å². The van der Waals surface area contributed by atoms with Gasteiger partial charge in [0, 0.05) is 0 Å². The Bertz CT molecular complexity index is 880. The molecule has 0 heterocycles. The van der Waals surface area contributed by atoms with Crippen LogP contribution in [0.1, 0.15) is 133 Å². The highest BCUT2D eigenvalue weighted by atomic mass is 14.1. The minimum atomic E-state index is 0.645. The molecule has 0 N–H and O–H groups in total. The van der Waals surface area contributed by atoms with Crippen LogP contribution in [0.5, 0.6) is 0 Å². The molecule has 0 spiro atoms. The average molecular weight is 473 g/mol. The van der Waals surface area contributed by atoms with E-state index >= 15 is 0 Å². The Kier molecular flexibility index (Phi) is 14.3. The predicted octanol–water partition coefficient (Wildman–Crippen LogP) is 11.1. The molecule has 0 nitrogen and oxygen atoms in total. The average Bonchev–Trinajstić information content (AvgIpc) is 2.85. The number of aryl methyl sites for hydroxylation is 2. The van der Waals surface area contributed by atoms with Crippen LogP contribution in [0.3, 0.4) is 0 Å².